The number of thiophene rings is 1. The lowest BCUT2D eigenvalue weighted by atomic mass is 10.1. The van der Waals surface area contributed by atoms with Gasteiger partial charge in [0.2, 0.25) is 0 Å². The van der Waals surface area contributed by atoms with E-state index in [1.165, 1.54) is 11.8 Å². The number of benzene rings is 1. The van der Waals surface area contributed by atoms with Crippen molar-refractivity contribution < 1.29 is 9.53 Å². The first-order valence-corrected chi connectivity index (χ1v) is 7.38. The molecule has 0 bridgehead atoms. The summed E-state index contributed by atoms with van der Waals surface area (Å²) < 4.78 is 5.87. The molecule has 3 aromatic rings. The zero-order valence-electron chi connectivity index (χ0n) is 11.1. The van der Waals surface area contributed by atoms with Crippen LogP contribution in [0.4, 0.5) is 5.69 Å². The Morgan fingerprint density at radius 2 is 2.14 bits per heavy atom. The van der Waals surface area contributed by atoms with Gasteiger partial charge in [-0.2, -0.15) is 0 Å². The van der Waals surface area contributed by atoms with E-state index < -0.39 is 5.97 Å². The zero-order chi connectivity index (χ0) is 15.0. The molecule has 2 heterocycles. The molecule has 2 N–H and O–H groups in total. The van der Waals surface area contributed by atoms with Crippen LogP contribution in [-0.4, -0.2) is 18.1 Å². The minimum absolute atomic E-state index is 0.0274. The van der Waals surface area contributed by atoms with Gasteiger partial charge in [-0.05, 0) is 35.0 Å². The smallest absolute Gasteiger partial charge is 0.358 e. The number of carbonyl (C=O) groups is 1. The molecule has 0 aliphatic heterocycles. The van der Waals surface area contributed by atoms with Crippen LogP contribution in [0.1, 0.15) is 10.5 Å². The van der Waals surface area contributed by atoms with Gasteiger partial charge in [0.25, 0.3) is 0 Å². The van der Waals surface area contributed by atoms with Gasteiger partial charge in [0, 0.05) is 10.3 Å². The Hall–Kier alpha value is -2.11. The maximum absolute atomic E-state index is 11.7. The molecular weight excluding hydrogens is 308 g/mol. The van der Waals surface area contributed by atoms with Crippen LogP contribution in [0, 0.1) is 0 Å². The second-order valence-electron chi connectivity index (χ2n) is 4.42. The predicted molar refractivity (Wildman–Crippen MR) is 85.8 cm³/mol. The second-order valence-corrected chi connectivity index (χ2v) is 5.75. The topological polar surface area (TPSA) is 65.2 Å². The van der Waals surface area contributed by atoms with Crippen LogP contribution in [0.3, 0.4) is 0 Å². The van der Waals surface area contributed by atoms with E-state index in [1.807, 2.05) is 29.6 Å². The van der Waals surface area contributed by atoms with E-state index in [9.17, 15) is 4.79 Å². The first kappa shape index (κ1) is 13.9. The Bertz CT molecular complexity index is 845. The van der Waals surface area contributed by atoms with Crippen LogP contribution in [0.5, 0.6) is 0 Å². The number of pyridine rings is 1. The number of halogens is 1. The molecular formula is C15H11ClN2O2S. The number of hydrogen-bond donors (Lipinski definition) is 1. The average Bonchev–Trinajstić information content (AvgIpc) is 2.96. The SMILES string of the molecule is COC(=O)c1nc(-c2ccc3sccc3c2)cc(N)c1Cl. The maximum Gasteiger partial charge on any atom is 0.358 e. The molecule has 0 aliphatic carbocycles. The van der Waals surface area contributed by atoms with Crippen molar-refractivity contribution in [1.82, 2.24) is 4.98 Å². The monoisotopic (exact) mass is 318 g/mol. The lowest BCUT2D eigenvalue weighted by molar-refractivity contribution is 0.0594. The summed E-state index contributed by atoms with van der Waals surface area (Å²) in [5.41, 5.74) is 7.65. The van der Waals surface area contributed by atoms with E-state index >= 15 is 0 Å². The van der Waals surface area contributed by atoms with E-state index in [0.717, 1.165) is 10.9 Å². The van der Waals surface area contributed by atoms with Gasteiger partial charge >= 0.3 is 5.97 Å². The molecule has 0 fully saturated rings. The van der Waals surface area contributed by atoms with Gasteiger partial charge in [0.15, 0.2) is 5.69 Å². The van der Waals surface area contributed by atoms with E-state index in [-0.39, 0.29) is 10.7 Å². The number of methoxy groups -OCH3 is 1. The normalized spacial score (nSPS) is 10.8. The lowest BCUT2D eigenvalue weighted by Gasteiger charge is -2.08. The summed E-state index contributed by atoms with van der Waals surface area (Å²) in [5.74, 6) is -0.606. The summed E-state index contributed by atoms with van der Waals surface area (Å²) in [6.45, 7) is 0. The summed E-state index contributed by atoms with van der Waals surface area (Å²) in [4.78, 5) is 16.0. The van der Waals surface area contributed by atoms with Crippen molar-refractivity contribution in [2.75, 3.05) is 12.8 Å². The van der Waals surface area contributed by atoms with E-state index in [2.05, 4.69) is 9.72 Å². The maximum atomic E-state index is 11.7. The highest BCUT2D eigenvalue weighted by Crippen LogP contribution is 2.31. The number of ether oxygens (including phenoxy) is 1. The Kier molecular flexibility index (Phi) is 3.53. The fourth-order valence-electron chi connectivity index (χ4n) is 2.05. The molecule has 6 heteroatoms. The number of hydrogen-bond acceptors (Lipinski definition) is 5. The van der Waals surface area contributed by atoms with Crippen molar-refractivity contribution in [2.45, 2.75) is 0 Å². The van der Waals surface area contributed by atoms with E-state index in [0.29, 0.717) is 11.4 Å². The molecule has 2 aromatic heterocycles. The van der Waals surface area contributed by atoms with Gasteiger partial charge in [-0.25, -0.2) is 9.78 Å². The second kappa shape index (κ2) is 5.35. The largest absolute Gasteiger partial charge is 0.464 e. The summed E-state index contributed by atoms with van der Waals surface area (Å²) in [7, 11) is 1.28. The number of nitrogens with zero attached hydrogens (tertiary/aromatic N) is 1. The van der Waals surface area contributed by atoms with Crippen LogP contribution >= 0.6 is 22.9 Å². The van der Waals surface area contributed by atoms with Crippen molar-refractivity contribution in [3.63, 3.8) is 0 Å². The standard InChI is InChI=1S/C15H11ClN2O2S/c1-20-15(19)14-13(16)10(17)7-11(18-14)8-2-3-12-9(6-8)4-5-21-12/h2-7H,1H3,(H2,17,18). The van der Waals surface area contributed by atoms with Crippen LogP contribution in [-0.2, 0) is 4.74 Å². The summed E-state index contributed by atoms with van der Waals surface area (Å²) in [6, 6.07) is 9.64. The van der Waals surface area contributed by atoms with Gasteiger partial charge in [-0.3, -0.25) is 0 Å². The Balaban J connectivity index is 2.17. The molecule has 0 amide bonds. The average molecular weight is 319 g/mol. The Morgan fingerprint density at radius 3 is 2.90 bits per heavy atom. The van der Waals surface area contributed by atoms with Crippen molar-refractivity contribution in [3.05, 3.63) is 46.4 Å². The van der Waals surface area contributed by atoms with Crippen molar-refractivity contribution in [3.8, 4) is 11.3 Å². The molecule has 0 saturated heterocycles. The highest BCUT2D eigenvalue weighted by molar-refractivity contribution is 7.17. The lowest BCUT2D eigenvalue weighted by Crippen LogP contribution is -2.08. The molecule has 0 radical (unpaired) electrons. The van der Waals surface area contributed by atoms with Crippen LogP contribution < -0.4 is 5.73 Å². The van der Waals surface area contributed by atoms with Gasteiger partial charge in [-0.15, -0.1) is 11.3 Å². The Morgan fingerprint density at radius 1 is 1.33 bits per heavy atom. The third-order valence-electron chi connectivity index (χ3n) is 3.11. The molecule has 106 valence electrons. The number of esters is 1. The number of nitrogens with two attached hydrogens (primary N) is 1. The first-order valence-electron chi connectivity index (χ1n) is 6.12. The number of rotatable bonds is 2. The van der Waals surface area contributed by atoms with Crippen LogP contribution in [0.25, 0.3) is 21.3 Å². The fraction of sp³-hybridized carbons (Fsp3) is 0.0667. The molecule has 0 aliphatic rings. The van der Waals surface area contributed by atoms with E-state index in [4.69, 9.17) is 17.3 Å². The third-order valence-corrected chi connectivity index (χ3v) is 4.41. The molecule has 0 spiro atoms. The summed E-state index contributed by atoms with van der Waals surface area (Å²) >= 11 is 7.69. The predicted octanol–water partition coefficient (Wildman–Crippen LogP) is 3.99. The highest BCUT2D eigenvalue weighted by Gasteiger charge is 2.17. The number of nitrogen functional groups attached to an aromatic ring is 1. The number of anilines is 1. The fourth-order valence-corrected chi connectivity index (χ4v) is 3.00. The van der Waals surface area contributed by atoms with Crippen molar-refractivity contribution >= 4 is 44.7 Å². The zero-order valence-corrected chi connectivity index (χ0v) is 12.7. The highest BCUT2D eigenvalue weighted by atomic mass is 35.5. The summed E-state index contributed by atoms with van der Waals surface area (Å²) in [5, 5.41) is 3.26. The van der Waals surface area contributed by atoms with Gasteiger partial charge in [0.1, 0.15) is 0 Å². The number of carbonyl (C=O) groups excluding carboxylic acids is 1. The minimum Gasteiger partial charge on any atom is -0.464 e. The quantitative estimate of drug-likeness (QED) is 0.726. The number of aromatic nitrogens is 1. The van der Waals surface area contributed by atoms with Crippen LogP contribution in [0.15, 0.2) is 35.7 Å². The molecule has 4 nitrogen and oxygen atoms in total. The molecule has 0 unspecified atom stereocenters. The number of fused-ring (bicyclic) bond motifs is 1. The molecule has 0 atom stereocenters. The van der Waals surface area contributed by atoms with Gasteiger partial charge in [-0.1, -0.05) is 17.7 Å². The minimum atomic E-state index is -0.606. The van der Waals surface area contributed by atoms with Gasteiger partial charge < -0.3 is 10.5 Å². The Labute approximate surface area is 130 Å². The van der Waals surface area contributed by atoms with Crippen LogP contribution in [0.2, 0.25) is 5.02 Å². The molecule has 0 saturated carbocycles. The summed E-state index contributed by atoms with van der Waals surface area (Å²) in [6.07, 6.45) is 0. The molecule has 3 rings (SSSR count). The molecule has 1 aromatic carbocycles. The van der Waals surface area contributed by atoms with E-state index in [1.54, 1.807) is 17.4 Å². The molecule has 21 heavy (non-hydrogen) atoms. The van der Waals surface area contributed by atoms with Gasteiger partial charge in [0.05, 0.1) is 23.5 Å². The third kappa shape index (κ3) is 2.46. The first-order chi connectivity index (χ1) is 10.1. The van der Waals surface area contributed by atoms with Crippen molar-refractivity contribution in [1.29, 1.82) is 0 Å². The van der Waals surface area contributed by atoms with Crippen molar-refractivity contribution in [2.24, 2.45) is 0 Å².